The number of benzene rings is 1. The van der Waals surface area contributed by atoms with E-state index in [4.69, 9.17) is 0 Å². The minimum Gasteiger partial charge on any atom is -0.321 e. The van der Waals surface area contributed by atoms with Gasteiger partial charge in [-0.2, -0.15) is 0 Å². The van der Waals surface area contributed by atoms with Gasteiger partial charge in [0.25, 0.3) is 5.91 Å². The summed E-state index contributed by atoms with van der Waals surface area (Å²) in [5, 5.41) is 3.63. The topological polar surface area (TPSA) is 42.0 Å². The van der Waals surface area contributed by atoms with Gasteiger partial charge >= 0.3 is 0 Å². The zero-order valence-corrected chi connectivity index (χ0v) is 12.6. The molecule has 1 aliphatic rings. The lowest BCUT2D eigenvalue weighted by atomic mass is 10.3. The Morgan fingerprint density at radius 3 is 2.52 bits per heavy atom. The molecule has 1 aromatic heterocycles. The first-order valence-corrected chi connectivity index (χ1v) is 8.18. The van der Waals surface area contributed by atoms with Gasteiger partial charge in [0.15, 0.2) is 0 Å². The van der Waals surface area contributed by atoms with E-state index in [1.54, 1.807) is 18.3 Å². The summed E-state index contributed by atoms with van der Waals surface area (Å²) in [4.78, 5) is 17.3. The average Bonchev–Trinajstić information content (AvgIpc) is 3.03. The molecule has 2 aromatic rings. The Labute approximate surface area is 129 Å². The zero-order chi connectivity index (χ0) is 14.5. The Hall–Kier alpha value is -1.81. The zero-order valence-electron chi connectivity index (χ0n) is 11.8. The molecule has 1 aliphatic carbocycles. The highest BCUT2D eigenvalue weighted by molar-refractivity contribution is 8.00. The summed E-state index contributed by atoms with van der Waals surface area (Å²) in [5.74, 6) is -0.174. The number of aromatic nitrogens is 1. The van der Waals surface area contributed by atoms with Crippen molar-refractivity contribution < 1.29 is 4.79 Å². The largest absolute Gasteiger partial charge is 0.321 e. The van der Waals surface area contributed by atoms with Crippen LogP contribution in [0.25, 0.3) is 0 Å². The van der Waals surface area contributed by atoms with Crippen molar-refractivity contribution in [3.05, 3.63) is 54.4 Å². The second-order valence-electron chi connectivity index (χ2n) is 5.22. The quantitative estimate of drug-likeness (QED) is 0.911. The van der Waals surface area contributed by atoms with Crippen molar-refractivity contribution in [1.29, 1.82) is 0 Å². The van der Waals surface area contributed by atoms with Gasteiger partial charge in [0, 0.05) is 22.0 Å². The SMILES string of the molecule is O=C(Nc1ccc(SC2CCCC2)cc1)c1ccccn1. The highest BCUT2D eigenvalue weighted by Gasteiger charge is 2.16. The predicted molar refractivity (Wildman–Crippen MR) is 86.7 cm³/mol. The lowest BCUT2D eigenvalue weighted by Crippen LogP contribution is -2.13. The molecule has 0 saturated heterocycles. The Bertz CT molecular complexity index is 592. The number of carbonyl (C=O) groups excluding carboxylic acids is 1. The second kappa shape index (κ2) is 6.76. The van der Waals surface area contributed by atoms with Crippen LogP contribution in [0.2, 0.25) is 0 Å². The molecule has 0 spiro atoms. The van der Waals surface area contributed by atoms with Crippen molar-refractivity contribution in [2.24, 2.45) is 0 Å². The third-order valence-electron chi connectivity index (χ3n) is 3.61. The first-order chi connectivity index (χ1) is 10.3. The molecule has 1 amide bonds. The van der Waals surface area contributed by atoms with Gasteiger partial charge in [0.05, 0.1) is 0 Å². The van der Waals surface area contributed by atoms with Gasteiger partial charge in [-0.25, -0.2) is 0 Å². The number of nitrogens with one attached hydrogen (secondary N) is 1. The first-order valence-electron chi connectivity index (χ1n) is 7.30. The second-order valence-corrected chi connectivity index (χ2v) is 6.59. The molecule has 3 rings (SSSR count). The van der Waals surface area contributed by atoms with Gasteiger partial charge in [-0.1, -0.05) is 18.9 Å². The number of amides is 1. The van der Waals surface area contributed by atoms with Crippen LogP contribution in [0.4, 0.5) is 5.69 Å². The molecule has 3 nitrogen and oxygen atoms in total. The van der Waals surface area contributed by atoms with Gasteiger partial charge in [-0.05, 0) is 49.2 Å². The summed E-state index contributed by atoms with van der Waals surface area (Å²) in [5.41, 5.74) is 1.24. The van der Waals surface area contributed by atoms with E-state index in [0.717, 1.165) is 10.9 Å². The normalized spacial score (nSPS) is 15.0. The number of carbonyl (C=O) groups is 1. The fourth-order valence-electron chi connectivity index (χ4n) is 2.51. The molecule has 1 N–H and O–H groups in total. The van der Waals surface area contributed by atoms with E-state index in [1.165, 1.54) is 30.6 Å². The number of anilines is 1. The molecule has 0 unspecified atom stereocenters. The van der Waals surface area contributed by atoms with Crippen LogP contribution in [-0.4, -0.2) is 16.1 Å². The van der Waals surface area contributed by atoms with Crippen LogP contribution in [0.3, 0.4) is 0 Å². The first kappa shape index (κ1) is 14.1. The fourth-order valence-corrected chi connectivity index (χ4v) is 3.75. The summed E-state index contributed by atoms with van der Waals surface area (Å²) in [7, 11) is 0. The van der Waals surface area contributed by atoms with E-state index in [0.29, 0.717) is 5.69 Å². The van der Waals surface area contributed by atoms with E-state index < -0.39 is 0 Å². The number of pyridine rings is 1. The van der Waals surface area contributed by atoms with E-state index in [2.05, 4.69) is 22.4 Å². The van der Waals surface area contributed by atoms with Crippen LogP contribution in [-0.2, 0) is 0 Å². The Morgan fingerprint density at radius 2 is 1.86 bits per heavy atom. The van der Waals surface area contributed by atoms with E-state index in [9.17, 15) is 4.79 Å². The van der Waals surface area contributed by atoms with E-state index >= 15 is 0 Å². The van der Waals surface area contributed by atoms with Crippen molar-refractivity contribution in [2.45, 2.75) is 35.8 Å². The summed E-state index contributed by atoms with van der Waals surface area (Å²) in [6.45, 7) is 0. The van der Waals surface area contributed by atoms with Crippen LogP contribution in [0.5, 0.6) is 0 Å². The Kier molecular flexibility index (Phi) is 4.55. The van der Waals surface area contributed by atoms with Crippen molar-refractivity contribution >= 4 is 23.4 Å². The minimum atomic E-state index is -0.174. The molecule has 0 atom stereocenters. The molecular formula is C17H18N2OS. The van der Waals surface area contributed by atoms with Crippen molar-refractivity contribution in [1.82, 2.24) is 4.98 Å². The smallest absolute Gasteiger partial charge is 0.274 e. The van der Waals surface area contributed by atoms with Gasteiger partial charge in [-0.3, -0.25) is 9.78 Å². The minimum absolute atomic E-state index is 0.174. The Balaban J connectivity index is 1.60. The van der Waals surface area contributed by atoms with Crippen LogP contribution in [0.15, 0.2) is 53.6 Å². The third-order valence-corrected chi connectivity index (χ3v) is 4.96. The number of hydrogen-bond donors (Lipinski definition) is 1. The molecule has 0 bridgehead atoms. The lowest BCUT2D eigenvalue weighted by Gasteiger charge is -2.09. The summed E-state index contributed by atoms with van der Waals surface area (Å²) in [6, 6.07) is 13.4. The summed E-state index contributed by atoms with van der Waals surface area (Å²) in [6.07, 6.45) is 6.98. The Morgan fingerprint density at radius 1 is 1.10 bits per heavy atom. The summed E-state index contributed by atoms with van der Waals surface area (Å²) >= 11 is 1.95. The van der Waals surface area contributed by atoms with Crippen LogP contribution in [0, 0.1) is 0 Å². The van der Waals surface area contributed by atoms with E-state index in [-0.39, 0.29) is 5.91 Å². The number of nitrogens with zero attached hydrogens (tertiary/aromatic N) is 1. The molecule has 21 heavy (non-hydrogen) atoms. The maximum absolute atomic E-state index is 12.0. The van der Waals surface area contributed by atoms with Crippen molar-refractivity contribution in [2.75, 3.05) is 5.32 Å². The van der Waals surface area contributed by atoms with Crippen molar-refractivity contribution in [3.63, 3.8) is 0 Å². The molecule has 1 saturated carbocycles. The molecule has 1 aromatic carbocycles. The standard InChI is InChI=1S/C17H18N2OS/c20-17(16-7-3-4-12-18-16)19-13-8-10-15(11-9-13)21-14-5-1-2-6-14/h3-4,7-12,14H,1-2,5-6H2,(H,19,20). The van der Waals surface area contributed by atoms with Crippen LogP contribution < -0.4 is 5.32 Å². The summed E-state index contributed by atoms with van der Waals surface area (Å²) < 4.78 is 0. The number of thioether (sulfide) groups is 1. The predicted octanol–water partition coefficient (Wildman–Crippen LogP) is 4.37. The third kappa shape index (κ3) is 3.85. The van der Waals surface area contributed by atoms with E-state index in [1.807, 2.05) is 30.0 Å². The van der Waals surface area contributed by atoms with Gasteiger partial charge in [0.2, 0.25) is 0 Å². The number of rotatable bonds is 4. The molecule has 108 valence electrons. The highest BCUT2D eigenvalue weighted by Crippen LogP contribution is 2.34. The van der Waals surface area contributed by atoms with Crippen molar-refractivity contribution in [3.8, 4) is 0 Å². The van der Waals surface area contributed by atoms with Crippen LogP contribution in [0.1, 0.15) is 36.2 Å². The molecule has 1 fully saturated rings. The monoisotopic (exact) mass is 298 g/mol. The molecule has 4 heteroatoms. The fraction of sp³-hybridized carbons (Fsp3) is 0.294. The molecular weight excluding hydrogens is 280 g/mol. The molecule has 1 heterocycles. The average molecular weight is 298 g/mol. The molecule has 0 aliphatic heterocycles. The maximum atomic E-state index is 12.0. The lowest BCUT2D eigenvalue weighted by molar-refractivity contribution is 0.102. The number of hydrogen-bond acceptors (Lipinski definition) is 3. The van der Waals surface area contributed by atoms with Gasteiger partial charge < -0.3 is 5.32 Å². The maximum Gasteiger partial charge on any atom is 0.274 e. The van der Waals surface area contributed by atoms with Gasteiger partial charge in [0.1, 0.15) is 5.69 Å². The highest BCUT2D eigenvalue weighted by atomic mass is 32.2. The van der Waals surface area contributed by atoms with Gasteiger partial charge in [-0.15, -0.1) is 11.8 Å². The van der Waals surface area contributed by atoms with Crippen LogP contribution >= 0.6 is 11.8 Å². The molecule has 0 radical (unpaired) electrons.